The molecule has 8 heteroatoms. The quantitative estimate of drug-likeness (QED) is 0.588. The molecule has 3 aromatic heterocycles. The van der Waals surface area contributed by atoms with Crippen molar-refractivity contribution in [1.29, 1.82) is 0 Å². The number of rotatable bonds is 8. The molecule has 1 aliphatic rings. The molecule has 0 amide bonds. The molecule has 162 valence electrons. The topological polar surface area (TPSA) is 91.3 Å². The summed E-state index contributed by atoms with van der Waals surface area (Å²) in [6.45, 7) is 5.93. The van der Waals surface area contributed by atoms with Gasteiger partial charge in [0.1, 0.15) is 17.9 Å². The summed E-state index contributed by atoms with van der Waals surface area (Å²) in [5.74, 6) is 3.40. The standard InChI is InChI=1S/C23H27N5O3/c1-14(15(2)17-5-7-24-18-6-8-31-22(17)18)11-25-21-10-19(27-13-28-21)16-9-20(29-3)23(30-4)26-12-16/h5,7,9-10,12-15H,6,8,11H2,1-4H3,(H,25,27,28)/t14-,15?/m1/s1. The second kappa shape index (κ2) is 9.16. The Morgan fingerprint density at radius 2 is 1.97 bits per heavy atom. The average Bonchev–Trinajstić information content (AvgIpc) is 3.31. The lowest BCUT2D eigenvalue weighted by Crippen LogP contribution is -2.18. The van der Waals surface area contributed by atoms with E-state index < -0.39 is 0 Å². The minimum Gasteiger partial charge on any atom is -0.491 e. The predicted molar refractivity (Wildman–Crippen MR) is 118 cm³/mol. The highest BCUT2D eigenvalue weighted by atomic mass is 16.5. The van der Waals surface area contributed by atoms with E-state index in [1.807, 2.05) is 18.3 Å². The van der Waals surface area contributed by atoms with Gasteiger partial charge in [-0.15, -0.1) is 0 Å². The van der Waals surface area contributed by atoms with E-state index in [2.05, 4.69) is 45.2 Å². The molecule has 0 aromatic carbocycles. The molecule has 0 spiro atoms. The Morgan fingerprint density at radius 1 is 1.10 bits per heavy atom. The zero-order valence-corrected chi connectivity index (χ0v) is 18.3. The maximum absolute atomic E-state index is 5.84. The van der Waals surface area contributed by atoms with Gasteiger partial charge in [-0.1, -0.05) is 13.8 Å². The molecule has 1 aliphatic heterocycles. The third kappa shape index (κ3) is 4.38. The molecule has 1 unspecified atom stereocenters. The fraction of sp³-hybridized carbons (Fsp3) is 0.391. The first-order valence-electron chi connectivity index (χ1n) is 10.4. The van der Waals surface area contributed by atoms with Gasteiger partial charge in [-0.25, -0.2) is 15.0 Å². The molecule has 31 heavy (non-hydrogen) atoms. The normalized spacial score (nSPS) is 14.3. The summed E-state index contributed by atoms with van der Waals surface area (Å²) in [5.41, 5.74) is 3.87. The fourth-order valence-corrected chi connectivity index (χ4v) is 3.69. The van der Waals surface area contributed by atoms with Crippen LogP contribution in [0.25, 0.3) is 11.3 Å². The van der Waals surface area contributed by atoms with Crippen LogP contribution in [-0.4, -0.2) is 47.3 Å². The first-order valence-corrected chi connectivity index (χ1v) is 10.4. The van der Waals surface area contributed by atoms with E-state index in [0.29, 0.717) is 30.1 Å². The lowest BCUT2D eigenvalue weighted by atomic mass is 9.88. The molecule has 4 rings (SSSR count). The number of hydrogen-bond acceptors (Lipinski definition) is 8. The first kappa shape index (κ1) is 20.8. The monoisotopic (exact) mass is 421 g/mol. The minimum absolute atomic E-state index is 0.318. The van der Waals surface area contributed by atoms with Gasteiger partial charge in [0.2, 0.25) is 0 Å². The Bertz CT molecular complexity index is 1060. The number of aromatic nitrogens is 4. The van der Waals surface area contributed by atoms with Crippen molar-refractivity contribution in [3.63, 3.8) is 0 Å². The molecule has 8 nitrogen and oxygen atoms in total. The summed E-state index contributed by atoms with van der Waals surface area (Å²) < 4.78 is 16.4. The van der Waals surface area contributed by atoms with Gasteiger partial charge in [-0.3, -0.25) is 4.98 Å². The maximum Gasteiger partial charge on any atom is 0.256 e. The SMILES string of the molecule is COc1cc(-c2cc(NC[C@@H](C)C(C)c3ccnc4c3OCC4)ncn2)cnc1OC. The molecule has 1 N–H and O–H groups in total. The first-order chi connectivity index (χ1) is 15.1. The average molecular weight is 422 g/mol. The highest BCUT2D eigenvalue weighted by Crippen LogP contribution is 2.36. The second-order valence-corrected chi connectivity index (χ2v) is 7.65. The Labute approximate surface area is 182 Å². The van der Waals surface area contributed by atoms with Gasteiger partial charge in [0.25, 0.3) is 5.88 Å². The maximum atomic E-state index is 5.84. The van der Waals surface area contributed by atoms with Crippen molar-refractivity contribution in [3.8, 4) is 28.6 Å². The Hall–Kier alpha value is -3.42. The van der Waals surface area contributed by atoms with Crippen molar-refractivity contribution in [1.82, 2.24) is 19.9 Å². The third-order valence-corrected chi connectivity index (χ3v) is 5.74. The van der Waals surface area contributed by atoms with Gasteiger partial charge in [-0.2, -0.15) is 0 Å². The number of fused-ring (bicyclic) bond motifs is 1. The summed E-state index contributed by atoms with van der Waals surface area (Å²) in [5, 5.41) is 3.44. The van der Waals surface area contributed by atoms with Crippen LogP contribution in [0.4, 0.5) is 5.82 Å². The smallest absolute Gasteiger partial charge is 0.256 e. The van der Waals surface area contributed by atoms with Gasteiger partial charge in [0, 0.05) is 42.6 Å². The number of methoxy groups -OCH3 is 2. The van der Waals surface area contributed by atoms with Crippen LogP contribution < -0.4 is 19.5 Å². The number of nitrogens with zero attached hydrogens (tertiary/aromatic N) is 4. The predicted octanol–water partition coefficient (Wildman–Crippen LogP) is 3.74. The Morgan fingerprint density at radius 3 is 2.77 bits per heavy atom. The minimum atomic E-state index is 0.318. The molecule has 0 fully saturated rings. The highest BCUT2D eigenvalue weighted by molar-refractivity contribution is 5.64. The van der Waals surface area contributed by atoms with E-state index in [1.165, 1.54) is 5.56 Å². The van der Waals surface area contributed by atoms with Crippen LogP contribution >= 0.6 is 0 Å². The summed E-state index contributed by atoms with van der Waals surface area (Å²) in [6, 6.07) is 5.83. The van der Waals surface area contributed by atoms with E-state index in [9.17, 15) is 0 Å². The summed E-state index contributed by atoms with van der Waals surface area (Å²) in [4.78, 5) is 17.5. The molecule has 4 heterocycles. The van der Waals surface area contributed by atoms with Gasteiger partial charge in [0.15, 0.2) is 5.75 Å². The number of anilines is 1. The number of hydrogen-bond donors (Lipinski definition) is 1. The summed E-state index contributed by atoms with van der Waals surface area (Å²) in [6.07, 6.45) is 6.03. The molecule has 3 aromatic rings. The van der Waals surface area contributed by atoms with Crippen molar-refractivity contribution in [3.05, 3.63) is 48.2 Å². The molecule has 0 radical (unpaired) electrons. The molecule has 0 saturated carbocycles. The van der Waals surface area contributed by atoms with Crippen LogP contribution in [0.2, 0.25) is 0 Å². The van der Waals surface area contributed by atoms with Crippen molar-refractivity contribution in [2.24, 2.45) is 5.92 Å². The van der Waals surface area contributed by atoms with E-state index in [1.54, 1.807) is 26.7 Å². The van der Waals surface area contributed by atoms with Crippen molar-refractivity contribution in [2.75, 3.05) is 32.7 Å². The number of nitrogens with one attached hydrogen (secondary N) is 1. The van der Waals surface area contributed by atoms with Crippen LogP contribution in [0.3, 0.4) is 0 Å². The summed E-state index contributed by atoms with van der Waals surface area (Å²) >= 11 is 0. The van der Waals surface area contributed by atoms with E-state index in [0.717, 1.165) is 41.5 Å². The second-order valence-electron chi connectivity index (χ2n) is 7.65. The molecule has 2 atom stereocenters. The highest BCUT2D eigenvalue weighted by Gasteiger charge is 2.24. The van der Waals surface area contributed by atoms with Crippen molar-refractivity contribution in [2.45, 2.75) is 26.2 Å². The van der Waals surface area contributed by atoms with Crippen molar-refractivity contribution < 1.29 is 14.2 Å². The van der Waals surface area contributed by atoms with Gasteiger partial charge in [0.05, 0.1) is 32.2 Å². The third-order valence-electron chi connectivity index (χ3n) is 5.74. The van der Waals surface area contributed by atoms with E-state index in [4.69, 9.17) is 14.2 Å². The fourth-order valence-electron chi connectivity index (χ4n) is 3.69. The molecular weight excluding hydrogens is 394 g/mol. The molecular formula is C23H27N5O3. The van der Waals surface area contributed by atoms with Crippen LogP contribution in [-0.2, 0) is 6.42 Å². The summed E-state index contributed by atoms with van der Waals surface area (Å²) in [7, 11) is 3.15. The molecule has 0 saturated heterocycles. The van der Waals surface area contributed by atoms with Crippen LogP contribution in [0.5, 0.6) is 17.4 Å². The largest absolute Gasteiger partial charge is 0.491 e. The van der Waals surface area contributed by atoms with E-state index in [-0.39, 0.29) is 0 Å². The lowest BCUT2D eigenvalue weighted by Gasteiger charge is -2.22. The lowest BCUT2D eigenvalue weighted by molar-refractivity contribution is 0.343. The zero-order chi connectivity index (χ0) is 21.8. The van der Waals surface area contributed by atoms with Gasteiger partial charge < -0.3 is 19.5 Å². The van der Waals surface area contributed by atoms with Crippen LogP contribution in [0, 0.1) is 5.92 Å². The van der Waals surface area contributed by atoms with Crippen molar-refractivity contribution >= 4 is 5.82 Å². The molecule has 0 bridgehead atoms. The number of pyridine rings is 2. The molecule has 0 aliphatic carbocycles. The van der Waals surface area contributed by atoms with E-state index >= 15 is 0 Å². The Kier molecular flexibility index (Phi) is 6.16. The van der Waals surface area contributed by atoms with Crippen LogP contribution in [0.1, 0.15) is 31.0 Å². The number of ether oxygens (including phenoxy) is 3. The van der Waals surface area contributed by atoms with Crippen LogP contribution in [0.15, 0.2) is 36.9 Å². The van der Waals surface area contributed by atoms with Gasteiger partial charge in [-0.05, 0) is 24.0 Å². The zero-order valence-electron chi connectivity index (χ0n) is 18.3. The van der Waals surface area contributed by atoms with Gasteiger partial charge >= 0.3 is 0 Å². The Balaban J connectivity index is 1.45.